The number of carbonyl (C=O) groups excluding carboxylic acids is 3. The van der Waals surface area contributed by atoms with Gasteiger partial charge in [-0.2, -0.15) is 13.2 Å². The van der Waals surface area contributed by atoms with Crippen LogP contribution < -0.4 is 31.4 Å². The number of carboxylic acid groups (broad SMARTS) is 1. The number of benzene rings is 2. The highest BCUT2D eigenvalue weighted by molar-refractivity contribution is 5.98. The molecule has 246 valence electrons. The van der Waals surface area contributed by atoms with Gasteiger partial charge in [0.1, 0.15) is 23.3 Å². The van der Waals surface area contributed by atoms with E-state index in [2.05, 4.69) is 21.2 Å². The zero-order valence-electron chi connectivity index (χ0n) is 25.2. The number of amides is 2. The molecular weight excluding hydrogens is 613 g/mol. The van der Waals surface area contributed by atoms with Gasteiger partial charge in [0.05, 0.1) is 12.7 Å². The second-order valence-corrected chi connectivity index (χ2v) is 9.58. The van der Waals surface area contributed by atoms with E-state index in [0.717, 1.165) is 0 Å². The molecule has 0 radical (unpaired) electrons. The molecule has 3 aromatic rings. The van der Waals surface area contributed by atoms with E-state index in [9.17, 15) is 27.6 Å². The predicted octanol–water partition coefficient (Wildman–Crippen LogP) is 4.00. The number of amidine groups is 1. The first-order chi connectivity index (χ1) is 21.5. The number of hydrazine groups is 1. The number of anilines is 1. The summed E-state index contributed by atoms with van der Waals surface area (Å²) in [6.07, 6.45) is -5.17. The number of nitrogen functional groups attached to an aromatic ring is 1. The van der Waals surface area contributed by atoms with Crippen LogP contribution in [0.15, 0.2) is 60.7 Å². The predicted molar refractivity (Wildman–Crippen MR) is 161 cm³/mol. The molecule has 2 amide bonds. The Kier molecular flexibility index (Phi) is 13.0. The van der Waals surface area contributed by atoms with Crippen molar-refractivity contribution >= 4 is 35.1 Å². The molecule has 13 nitrogen and oxygen atoms in total. The Morgan fingerprint density at radius 2 is 1.59 bits per heavy atom. The summed E-state index contributed by atoms with van der Waals surface area (Å²) in [7, 11) is 0. The minimum absolute atomic E-state index is 0.0267. The van der Waals surface area contributed by atoms with Crippen LogP contribution in [0, 0.1) is 5.41 Å². The number of carboxylic acids is 1. The fourth-order valence-corrected chi connectivity index (χ4v) is 3.55. The summed E-state index contributed by atoms with van der Waals surface area (Å²) in [5.41, 5.74) is 12.1. The Morgan fingerprint density at radius 1 is 0.978 bits per heavy atom. The Morgan fingerprint density at radius 3 is 2.11 bits per heavy atom. The lowest BCUT2D eigenvalue weighted by atomic mass is 10.0. The average Bonchev–Trinajstić information content (AvgIpc) is 2.99. The van der Waals surface area contributed by atoms with Gasteiger partial charge in [-0.25, -0.2) is 9.78 Å². The third kappa shape index (κ3) is 11.1. The van der Waals surface area contributed by atoms with E-state index in [1.165, 1.54) is 25.1 Å². The van der Waals surface area contributed by atoms with Crippen molar-refractivity contribution in [2.45, 2.75) is 46.0 Å². The van der Waals surface area contributed by atoms with Crippen molar-refractivity contribution in [1.29, 1.82) is 5.41 Å². The summed E-state index contributed by atoms with van der Waals surface area (Å²) >= 11 is 0. The van der Waals surface area contributed by atoms with Crippen LogP contribution in [0.25, 0.3) is 0 Å². The molecule has 0 fully saturated rings. The Labute approximate surface area is 261 Å². The smallest absolute Gasteiger partial charge is 0.490 e. The van der Waals surface area contributed by atoms with Crippen LogP contribution in [0.4, 0.5) is 18.9 Å². The first-order valence-electron chi connectivity index (χ1n) is 13.6. The minimum Gasteiger partial charge on any atom is -0.490 e. The fourth-order valence-electron chi connectivity index (χ4n) is 3.55. The number of nitrogens with zero attached hydrogens (tertiary/aromatic N) is 1. The molecule has 0 spiro atoms. The van der Waals surface area contributed by atoms with Gasteiger partial charge in [0.25, 0.3) is 11.8 Å². The molecule has 0 bridgehead atoms. The van der Waals surface area contributed by atoms with Crippen molar-refractivity contribution in [3.8, 4) is 11.5 Å². The Hall–Kier alpha value is -5.67. The zero-order valence-corrected chi connectivity index (χ0v) is 25.2. The van der Waals surface area contributed by atoms with E-state index in [4.69, 9.17) is 30.5 Å². The van der Waals surface area contributed by atoms with Gasteiger partial charge in [-0.1, -0.05) is 12.1 Å². The molecule has 1 aromatic heterocycles. The SMILES string of the molecule is CCOc1cc(C(Nc2ccc(C(=N)N)cc2)C(=O)NNC(=O)c2cccc(C(C)=O)n2)ccc1OC(C)C.O=C(O)C(F)(F)F. The van der Waals surface area contributed by atoms with Crippen molar-refractivity contribution in [3.05, 3.63) is 83.2 Å². The molecule has 1 unspecified atom stereocenters. The fraction of sp³-hybridized carbons (Fsp3) is 0.267. The Balaban J connectivity index is 0.000000942. The lowest BCUT2D eigenvalue weighted by Crippen LogP contribution is -2.45. The molecule has 7 N–H and O–H groups in total. The highest BCUT2D eigenvalue weighted by atomic mass is 19.4. The molecule has 0 aliphatic rings. The lowest BCUT2D eigenvalue weighted by Gasteiger charge is -2.22. The number of aromatic nitrogens is 1. The number of ether oxygens (including phenoxy) is 2. The number of alkyl halides is 3. The normalized spacial score (nSPS) is 11.3. The second kappa shape index (κ2) is 16.4. The van der Waals surface area contributed by atoms with E-state index in [1.54, 1.807) is 42.5 Å². The molecule has 0 saturated carbocycles. The van der Waals surface area contributed by atoms with Gasteiger partial charge in [-0.05, 0) is 74.9 Å². The molecule has 0 aliphatic heterocycles. The number of Topliss-reactive ketones (excluding diaryl/α,β-unsaturated/α-hetero) is 1. The number of hydrogen-bond acceptors (Lipinski definition) is 9. The summed E-state index contributed by atoms with van der Waals surface area (Å²) in [5, 5.41) is 17.9. The van der Waals surface area contributed by atoms with Crippen LogP contribution in [0.1, 0.15) is 65.8 Å². The van der Waals surface area contributed by atoms with Crippen LogP contribution in [0.5, 0.6) is 11.5 Å². The van der Waals surface area contributed by atoms with Gasteiger partial charge in [0.15, 0.2) is 17.3 Å². The molecule has 16 heteroatoms. The second-order valence-electron chi connectivity index (χ2n) is 9.58. The largest absolute Gasteiger partial charge is 0.490 e. The maximum Gasteiger partial charge on any atom is 0.490 e. The van der Waals surface area contributed by atoms with Crippen molar-refractivity contribution in [2.75, 3.05) is 11.9 Å². The lowest BCUT2D eigenvalue weighted by molar-refractivity contribution is -0.192. The quantitative estimate of drug-likeness (QED) is 0.0764. The van der Waals surface area contributed by atoms with E-state index in [1.807, 2.05) is 20.8 Å². The van der Waals surface area contributed by atoms with Gasteiger partial charge in [-0.3, -0.25) is 30.6 Å². The van der Waals surface area contributed by atoms with E-state index in [-0.39, 0.29) is 29.1 Å². The molecule has 0 aliphatic carbocycles. The van der Waals surface area contributed by atoms with E-state index in [0.29, 0.717) is 34.9 Å². The number of nitrogens with two attached hydrogens (primary N) is 1. The van der Waals surface area contributed by atoms with Crippen LogP contribution in [-0.4, -0.2) is 58.4 Å². The van der Waals surface area contributed by atoms with Gasteiger partial charge in [0, 0.05) is 18.2 Å². The number of ketones is 1. The van der Waals surface area contributed by atoms with Crippen LogP contribution in [-0.2, 0) is 9.59 Å². The highest BCUT2D eigenvalue weighted by Crippen LogP contribution is 2.33. The van der Waals surface area contributed by atoms with Gasteiger partial charge >= 0.3 is 12.1 Å². The summed E-state index contributed by atoms with van der Waals surface area (Å²) in [6, 6.07) is 15.3. The van der Waals surface area contributed by atoms with Crippen LogP contribution in [0.2, 0.25) is 0 Å². The average molecular weight is 647 g/mol. The molecule has 3 rings (SSSR count). The van der Waals surface area contributed by atoms with Crippen LogP contribution >= 0.6 is 0 Å². The molecule has 46 heavy (non-hydrogen) atoms. The zero-order chi connectivity index (χ0) is 34.6. The van der Waals surface area contributed by atoms with Gasteiger partial charge in [-0.15, -0.1) is 0 Å². The molecule has 0 saturated heterocycles. The first kappa shape index (κ1) is 36.5. The van der Waals surface area contributed by atoms with Crippen molar-refractivity contribution in [3.63, 3.8) is 0 Å². The highest BCUT2D eigenvalue weighted by Gasteiger charge is 2.38. The number of rotatable bonds is 11. The maximum atomic E-state index is 13.4. The number of aliphatic carboxylic acids is 1. The summed E-state index contributed by atoms with van der Waals surface area (Å²) in [5.74, 6) is -3.40. The maximum absolute atomic E-state index is 13.4. The number of pyridine rings is 1. The van der Waals surface area contributed by atoms with Crippen LogP contribution in [0.3, 0.4) is 0 Å². The monoisotopic (exact) mass is 646 g/mol. The van der Waals surface area contributed by atoms with E-state index < -0.39 is 30.0 Å². The topological polar surface area (TPSA) is 206 Å². The first-order valence-corrected chi connectivity index (χ1v) is 13.6. The summed E-state index contributed by atoms with van der Waals surface area (Å²) in [4.78, 5) is 50.5. The molecule has 1 atom stereocenters. The third-order valence-electron chi connectivity index (χ3n) is 5.62. The number of hydrogen-bond donors (Lipinski definition) is 6. The van der Waals surface area contributed by atoms with Crippen molar-refractivity contribution in [2.24, 2.45) is 5.73 Å². The number of halogens is 3. The van der Waals surface area contributed by atoms with Gasteiger partial charge < -0.3 is 25.6 Å². The Bertz CT molecular complexity index is 1560. The standard InChI is InChI=1S/C28H32N6O5.C2HF3O2/c1-5-38-24-15-19(11-14-23(24)39-16(2)3)25(31-20-12-9-18(10-13-20)26(29)30)28(37)34-33-27(36)22-8-6-7-21(32-22)17(4)35;3-2(4,5)1(6)7/h6-16,25,31H,5H2,1-4H3,(H3,29,30)(H,33,36)(H,34,37);(H,6,7). The summed E-state index contributed by atoms with van der Waals surface area (Å²) < 4.78 is 43.3. The number of nitrogens with one attached hydrogen (secondary N) is 4. The number of carbonyl (C=O) groups is 4. The minimum atomic E-state index is -5.08. The molecule has 1 heterocycles. The van der Waals surface area contributed by atoms with Gasteiger partial charge in [0.2, 0.25) is 0 Å². The molecular formula is C30H33F3N6O7. The van der Waals surface area contributed by atoms with Crippen molar-refractivity contribution in [1.82, 2.24) is 15.8 Å². The van der Waals surface area contributed by atoms with E-state index >= 15 is 0 Å². The summed E-state index contributed by atoms with van der Waals surface area (Å²) in [6.45, 7) is 7.37. The third-order valence-corrected chi connectivity index (χ3v) is 5.62. The molecule has 2 aromatic carbocycles. The van der Waals surface area contributed by atoms with Crippen molar-refractivity contribution < 1.29 is 46.9 Å².